The van der Waals surface area contributed by atoms with E-state index in [1.54, 1.807) is 24.1 Å². The number of anilines is 1. The highest BCUT2D eigenvalue weighted by Crippen LogP contribution is 2.49. The number of hydrogen-bond donors (Lipinski definition) is 3. The number of nitrogens with zero attached hydrogens (tertiary/aromatic N) is 1. The fourth-order valence-electron chi connectivity index (χ4n) is 4.61. The van der Waals surface area contributed by atoms with Gasteiger partial charge in [-0.3, -0.25) is 9.59 Å². The summed E-state index contributed by atoms with van der Waals surface area (Å²) < 4.78 is 23.7. The highest BCUT2D eigenvalue weighted by Gasteiger charge is 2.49. The fourth-order valence-corrected chi connectivity index (χ4v) is 4.61. The number of nitrogens with one attached hydrogen (secondary N) is 1. The molecule has 3 aromatic rings. The van der Waals surface area contributed by atoms with E-state index in [2.05, 4.69) is 5.32 Å². The number of aliphatic hydroxyl groups excluding tert-OH is 1. The van der Waals surface area contributed by atoms with Crippen molar-refractivity contribution in [2.24, 2.45) is 5.92 Å². The predicted molar refractivity (Wildman–Crippen MR) is 139 cm³/mol. The van der Waals surface area contributed by atoms with Crippen LogP contribution in [-0.2, 0) is 14.3 Å². The summed E-state index contributed by atoms with van der Waals surface area (Å²) in [6.07, 6.45) is -0.194. The minimum atomic E-state index is -0.853. The molecule has 0 spiro atoms. The van der Waals surface area contributed by atoms with Gasteiger partial charge in [-0.15, -0.1) is 0 Å². The van der Waals surface area contributed by atoms with Gasteiger partial charge in [0.2, 0.25) is 5.91 Å². The van der Waals surface area contributed by atoms with Gasteiger partial charge in [0.15, 0.2) is 6.61 Å². The highest BCUT2D eigenvalue weighted by molar-refractivity contribution is 6.03. The standard InChI is InChI=1S/C29H31FN2O6/c1-37-16-15-31-27(35)18-38-22-11-12-23(26(34)17-22)28-24(29(36)32(28)21-5-3-2-4-6-21)13-14-25(33)19-7-9-20(30)10-8-19/h2-12,17,24-25,28,33-34H,13-16,18H2,1H3,(H,31,35)/t24-,25+,28-/m1/s1. The Balaban J connectivity index is 1.49. The number of aromatic hydroxyl groups is 1. The Morgan fingerprint density at radius 1 is 1.11 bits per heavy atom. The SMILES string of the molecule is COCCNC(=O)COc1ccc([C@@H]2[C@@H](CC[C@H](O)c3ccc(F)cc3)C(=O)N2c2ccccc2)c(O)c1. The molecule has 1 aliphatic rings. The van der Waals surface area contributed by atoms with Crippen molar-refractivity contribution >= 4 is 17.5 Å². The highest BCUT2D eigenvalue weighted by atomic mass is 19.1. The molecule has 3 aromatic carbocycles. The molecule has 8 nitrogen and oxygen atoms in total. The summed E-state index contributed by atoms with van der Waals surface area (Å²) in [6, 6.07) is 19.1. The Morgan fingerprint density at radius 2 is 1.84 bits per heavy atom. The van der Waals surface area contributed by atoms with Crippen molar-refractivity contribution in [3.05, 3.63) is 89.7 Å². The quantitative estimate of drug-likeness (QED) is 0.246. The minimum Gasteiger partial charge on any atom is -0.507 e. The number of para-hydroxylation sites is 1. The van der Waals surface area contributed by atoms with Gasteiger partial charge in [-0.25, -0.2) is 4.39 Å². The second kappa shape index (κ2) is 12.5. The molecule has 2 amide bonds. The number of ether oxygens (including phenoxy) is 2. The lowest BCUT2D eigenvalue weighted by Crippen LogP contribution is -2.55. The molecule has 0 saturated carbocycles. The Labute approximate surface area is 220 Å². The van der Waals surface area contributed by atoms with Gasteiger partial charge in [-0.05, 0) is 54.8 Å². The van der Waals surface area contributed by atoms with Gasteiger partial charge in [-0.2, -0.15) is 0 Å². The smallest absolute Gasteiger partial charge is 0.258 e. The predicted octanol–water partition coefficient (Wildman–Crippen LogP) is 3.89. The van der Waals surface area contributed by atoms with E-state index in [1.165, 1.54) is 30.3 Å². The summed E-state index contributed by atoms with van der Waals surface area (Å²) in [5.41, 5.74) is 1.81. The van der Waals surface area contributed by atoms with Crippen LogP contribution >= 0.6 is 0 Å². The van der Waals surface area contributed by atoms with Crippen molar-refractivity contribution in [3.63, 3.8) is 0 Å². The number of carbonyl (C=O) groups excluding carboxylic acids is 2. The van der Waals surface area contributed by atoms with Crippen LogP contribution in [0, 0.1) is 11.7 Å². The summed E-state index contributed by atoms with van der Waals surface area (Å²) in [5, 5.41) is 24.2. The first-order chi connectivity index (χ1) is 18.4. The van der Waals surface area contributed by atoms with Gasteiger partial charge in [0.1, 0.15) is 17.3 Å². The lowest BCUT2D eigenvalue weighted by Gasteiger charge is -2.48. The van der Waals surface area contributed by atoms with Crippen LogP contribution in [-0.4, -0.2) is 48.9 Å². The van der Waals surface area contributed by atoms with Crippen molar-refractivity contribution in [1.29, 1.82) is 0 Å². The van der Waals surface area contributed by atoms with E-state index in [1.807, 2.05) is 30.3 Å². The van der Waals surface area contributed by atoms with Crippen molar-refractivity contribution in [3.8, 4) is 11.5 Å². The number of phenols is 1. The first kappa shape index (κ1) is 27.1. The maximum atomic E-state index is 13.3. The molecule has 0 bridgehead atoms. The number of halogens is 1. The van der Waals surface area contributed by atoms with E-state index in [4.69, 9.17) is 9.47 Å². The molecule has 1 saturated heterocycles. The molecule has 0 unspecified atom stereocenters. The molecule has 9 heteroatoms. The number of aliphatic hydroxyl groups is 1. The Kier molecular flexibility index (Phi) is 8.93. The third kappa shape index (κ3) is 6.30. The van der Waals surface area contributed by atoms with Crippen molar-refractivity contribution < 1.29 is 33.7 Å². The number of rotatable bonds is 12. The lowest BCUT2D eigenvalue weighted by molar-refractivity contribution is -0.131. The van der Waals surface area contributed by atoms with Gasteiger partial charge in [-0.1, -0.05) is 30.3 Å². The van der Waals surface area contributed by atoms with Gasteiger partial charge in [0.25, 0.3) is 5.91 Å². The first-order valence-corrected chi connectivity index (χ1v) is 12.4. The summed E-state index contributed by atoms with van der Waals surface area (Å²) in [6.45, 7) is 0.539. The number of methoxy groups -OCH3 is 1. The average Bonchev–Trinajstić information content (AvgIpc) is 2.92. The molecule has 3 N–H and O–H groups in total. The number of benzene rings is 3. The van der Waals surface area contributed by atoms with E-state index in [0.29, 0.717) is 48.6 Å². The Morgan fingerprint density at radius 3 is 2.53 bits per heavy atom. The van der Waals surface area contributed by atoms with Gasteiger partial charge in [0.05, 0.1) is 24.7 Å². The van der Waals surface area contributed by atoms with Crippen LogP contribution in [0.2, 0.25) is 0 Å². The van der Waals surface area contributed by atoms with Crippen LogP contribution in [0.15, 0.2) is 72.8 Å². The van der Waals surface area contributed by atoms with E-state index in [-0.39, 0.29) is 30.0 Å². The second-order valence-corrected chi connectivity index (χ2v) is 9.09. The van der Waals surface area contributed by atoms with Crippen LogP contribution < -0.4 is 15.0 Å². The zero-order valence-electron chi connectivity index (χ0n) is 21.0. The fraction of sp³-hybridized carbons (Fsp3) is 0.310. The zero-order chi connectivity index (χ0) is 27.1. The topological polar surface area (TPSA) is 108 Å². The number of hydrogen-bond acceptors (Lipinski definition) is 6. The largest absolute Gasteiger partial charge is 0.507 e. The van der Waals surface area contributed by atoms with Crippen LogP contribution in [0.4, 0.5) is 10.1 Å². The molecule has 1 fully saturated rings. The third-order valence-corrected chi connectivity index (χ3v) is 6.57. The molecule has 1 aliphatic heterocycles. The molecule has 0 aromatic heterocycles. The summed E-state index contributed by atoms with van der Waals surface area (Å²) in [4.78, 5) is 26.8. The molecule has 3 atom stereocenters. The van der Waals surface area contributed by atoms with Gasteiger partial charge in [0, 0.05) is 31.0 Å². The molecular weight excluding hydrogens is 491 g/mol. The molecular formula is C29H31FN2O6. The number of β-lactam (4-membered cyclic amide) rings is 1. The molecule has 200 valence electrons. The normalized spacial score (nSPS) is 17.6. The van der Waals surface area contributed by atoms with E-state index >= 15 is 0 Å². The molecule has 1 heterocycles. The molecule has 0 radical (unpaired) electrons. The van der Waals surface area contributed by atoms with Gasteiger partial charge >= 0.3 is 0 Å². The van der Waals surface area contributed by atoms with Crippen molar-refractivity contribution in [2.45, 2.75) is 25.0 Å². The van der Waals surface area contributed by atoms with Gasteiger partial charge < -0.3 is 29.9 Å². The summed E-state index contributed by atoms with van der Waals surface area (Å²) in [5.74, 6) is -1.04. The number of carbonyl (C=O) groups is 2. The summed E-state index contributed by atoms with van der Waals surface area (Å²) >= 11 is 0. The third-order valence-electron chi connectivity index (χ3n) is 6.57. The number of phenolic OH excluding ortho intramolecular Hbond substituents is 1. The monoisotopic (exact) mass is 522 g/mol. The Hall–Kier alpha value is -3.95. The molecule has 4 rings (SSSR count). The average molecular weight is 523 g/mol. The van der Waals surface area contributed by atoms with E-state index in [0.717, 1.165) is 0 Å². The van der Waals surface area contributed by atoms with Crippen LogP contribution in [0.1, 0.15) is 36.1 Å². The van der Waals surface area contributed by atoms with Crippen LogP contribution in [0.3, 0.4) is 0 Å². The maximum Gasteiger partial charge on any atom is 0.258 e. The number of amides is 2. The maximum absolute atomic E-state index is 13.3. The van der Waals surface area contributed by atoms with E-state index < -0.39 is 18.1 Å². The van der Waals surface area contributed by atoms with Crippen molar-refractivity contribution in [2.75, 3.05) is 31.8 Å². The van der Waals surface area contributed by atoms with E-state index in [9.17, 15) is 24.2 Å². The first-order valence-electron chi connectivity index (χ1n) is 12.4. The second-order valence-electron chi connectivity index (χ2n) is 9.09. The van der Waals surface area contributed by atoms with Crippen LogP contribution in [0.5, 0.6) is 11.5 Å². The van der Waals surface area contributed by atoms with Crippen LogP contribution in [0.25, 0.3) is 0 Å². The molecule has 38 heavy (non-hydrogen) atoms. The lowest BCUT2D eigenvalue weighted by atomic mass is 9.78. The molecule has 0 aliphatic carbocycles. The summed E-state index contributed by atoms with van der Waals surface area (Å²) in [7, 11) is 1.54. The van der Waals surface area contributed by atoms with Crippen molar-refractivity contribution in [1.82, 2.24) is 5.32 Å². The minimum absolute atomic E-state index is 0.0650. The zero-order valence-corrected chi connectivity index (χ0v) is 21.0. The Bertz CT molecular complexity index is 1240.